The fourth-order valence-corrected chi connectivity index (χ4v) is 2.62. The van der Waals surface area contributed by atoms with Crippen molar-refractivity contribution in [3.63, 3.8) is 0 Å². The fourth-order valence-electron chi connectivity index (χ4n) is 2.62. The van der Waals surface area contributed by atoms with Gasteiger partial charge in [-0.3, -0.25) is 4.79 Å². The van der Waals surface area contributed by atoms with Crippen molar-refractivity contribution in [3.05, 3.63) is 18.3 Å². The van der Waals surface area contributed by atoms with Crippen molar-refractivity contribution in [3.8, 4) is 0 Å². The molecular formula is C18H28N4O3. The van der Waals surface area contributed by atoms with Crippen LogP contribution in [0.2, 0.25) is 0 Å². The monoisotopic (exact) mass is 348 g/mol. The Labute approximate surface area is 149 Å². The molecule has 1 fully saturated rings. The van der Waals surface area contributed by atoms with Gasteiger partial charge in [0.05, 0.1) is 24.6 Å². The number of carbonyl (C=O) groups is 2. The van der Waals surface area contributed by atoms with Gasteiger partial charge < -0.3 is 20.3 Å². The van der Waals surface area contributed by atoms with Gasteiger partial charge in [0.25, 0.3) is 0 Å². The number of pyridine rings is 1. The molecule has 138 valence electrons. The summed E-state index contributed by atoms with van der Waals surface area (Å²) in [6.45, 7) is 7.23. The van der Waals surface area contributed by atoms with Gasteiger partial charge >= 0.3 is 6.03 Å². The van der Waals surface area contributed by atoms with Gasteiger partial charge in [0, 0.05) is 20.5 Å². The number of hydrogen-bond donors (Lipinski definition) is 2. The first-order chi connectivity index (χ1) is 11.8. The number of ether oxygens (including phenoxy) is 1. The third kappa shape index (κ3) is 6.01. The average molecular weight is 348 g/mol. The van der Waals surface area contributed by atoms with E-state index in [4.69, 9.17) is 4.74 Å². The fraction of sp³-hybridized carbons (Fsp3) is 0.611. The summed E-state index contributed by atoms with van der Waals surface area (Å²) in [6, 6.07) is 3.13. The average Bonchev–Trinajstić information content (AvgIpc) is 2.56. The van der Waals surface area contributed by atoms with Crippen molar-refractivity contribution in [1.82, 2.24) is 10.3 Å². The number of hydrogen-bond acceptors (Lipinski definition) is 4. The van der Waals surface area contributed by atoms with Crippen molar-refractivity contribution in [2.24, 2.45) is 5.41 Å². The van der Waals surface area contributed by atoms with E-state index in [-0.39, 0.29) is 23.5 Å². The van der Waals surface area contributed by atoms with Gasteiger partial charge in [0.1, 0.15) is 5.82 Å². The van der Waals surface area contributed by atoms with E-state index in [1.807, 2.05) is 0 Å². The highest BCUT2D eigenvalue weighted by Gasteiger charge is 2.27. The molecule has 0 radical (unpaired) electrons. The molecule has 3 amide bonds. The summed E-state index contributed by atoms with van der Waals surface area (Å²) in [5, 5.41) is 5.56. The van der Waals surface area contributed by atoms with Crippen molar-refractivity contribution >= 4 is 23.4 Å². The molecule has 1 aromatic heterocycles. The topological polar surface area (TPSA) is 83.6 Å². The molecule has 2 heterocycles. The molecule has 1 unspecified atom stereocenters. The molecule has 0 aliphatic carbocycles. The lowest BCUT2D eigenvalue weighted by Gasteiger charge is -2.34. The molecule has 0 saturated carbocycles. The second kappa shape index (κ2) is 8.29. The van der Waals surface area contributed by atoms with Gasteiger partial charge in [-0.05, 0) is 36.8 Å². The molecule has 1 atom stereocenters. The first kappa shape index (κ1) is 19.2. The van der Waals surface area contributed by atoms with E-state index in [0.29, 0.717) is 18.1 Å². The smallest absolute Gasteiger partial charge is 0.319 e. The third-order valence-electron chi connectivity index (χ3n) is 4.43. The molecule has 0 bridgehead atoms. The van der Waals surface area contributed by atoms with Crippen LogP contribution in [0.4, 0.5) is 16.3 Å². The molecule has 7 heteroatoms. The first-order valence-electron chi connectivity index (χ1n) is 8.64. The lowest BCUT2D eigenvalue weighted by Crippen LogP contribution is -2.35. The number of amides is 3. The molecule has 25 heavy (non-hydrogen) atoms. The highest BCUT2D eigenvalue weighted by Crippen LogP contribution is 2.30. The van der Waals surface area contributed by atoms with Crippen molar-refractivity contribution in [2.45, 2.75) is 46.1 Å². The summed E-state index contributed by atoms with van der Waals surface area (Å²) in [7, 11) is 1.65. The van der Waals surface area contributed by atoms with Gasteiger partial charge in [0.15, 0.2) is 0 Å². The molecule has 0 spiro atoms. The Morgan fingerprint density at radius 3 is 2.72 bits per heavy atom. The Kier molecular flexibility index (Phi) is 6.36. The molecule has 1 aliphatic heterocycles. The SMILES string of the molecule is CC(=O)N(C)c1ccc(NC(=O)NCCC2CCC(C)(C)CO2)cn1. The minimum Gasteiger partial charge on any atom is -0.378 e. The number of rotatable bonds is 5. The molecule has 2 rings (SSSR count). The molecular weight excluding hydrogens is 320 g/mol. The van der Waals surface area contributed by atoms with Gasteiger partial charge in [-0.25, -0.2) is 9.78 Å². The van der Waals surface area contributed by atoms with Crippen molar-refractivity contribution < 1.29 is 14.3 Å². The third-order valence-corrected chi connectivity index (χ3v) is 4.43. The Balaban J connectivity index is 1.71. The van der Waals surface area contributed by atoms with Crippen LogP contribution in [0.15, 0.2) is 18.3 Å². The minimum atomic E-state index is -0.273. The van der Waals surface area contributed by atoms with Crippen LogP contribution in [0.25, 0.3) is 0 Å². The Hall–Kier alpha value is -2.15. The van der Waals surface area contributed by atoms with E-state index >= 15 is 0 Å². The van der Waals surface area contributed by atoms with Crippen LogP contribution in [0, 0.1) is 5.41 Å². The normalized spacial score (nSPS) is 19.1. The molecule has 7 nitrogen and oxygen atoms in total. The zero-order valence-electron chi connectivity index (χ0n) is 15.5. The summed E-state index contributed by atoms with van der Waals surface area (Å²) in [6.07, 6.45) is 4.74. The summed E-state index contributed by atoms with van der Waals surface area (Å²) < 4.78 is 5.83. The van der Waals surface area contributed by atoms with E-state index < -0.39 is 0 Å². The number of nitrogens with one attached hydrogen (secondary N) is 2. The van der Waals surface area contributed by atoms with Crippen LogP contribution in [0.5, 0.6) is 0 Å². The largest absolute Gasteiger partial charge is 0.378 e. The maximum Gasteiger partial charge on any atom is 0.319 e. The molecule has 1 aromatic rings. The summed E-state index contributed by atoms with van der Waals surface area (Å²) in [4.78, 5) is 28.8. The molecule has 1 saturated heterocycles. The van der Waals surface area contributed by atoms with E-state index in [0.717, 1.165) is 25.9 Å². The summed E-state index contributed by atoms with van der Waals surface area (Å²) in [5.41, 5.74) is 0.838. The van der Waals surface area contributed by atoms with Crippen LogP contribution in [0.1, 0.15) is 40.0 Å². The standard InChI is InChI=1S/C18H28N4O3/c1-13(23)22(4)16-6-5-14(11-20-16)21-17(24)19-10-8-15-7-9-18(2,3)12-25-15/h5-6,11,15H,7-10,12H2,1-4H3,(H2,19,21,24). The van der Waals surface area contributed by atoms with Crippen LogP contribution in [-0.4, -0.2) is 43.2 Å². The Morgan fingerprint density at radius 2 is 2.16 bits per heavy atom. The van der Waals surface area contributed by atoms with Gasteiger partial charge in [-0.2, -0.15) is 0 Å². The van der Waals surface area contributed by atoms with Crippen molar-refractivity contribution in [2.75, 3.05) is 30.4 Å². The van der Waals surface area contributed by atoms with Gasteiger partial charge in [-0.1, -0.05) is 13.8 Å². The van der Waals surface area contributed by atoms with E-state index in [9.17, 15) is 9.59 Å². The Morgan fingerprint density at radius 1 is 1.40 bits per heavy atom. The lowest BCUT2D eigenvalue weighted by atomic mass is 9.85. The quantitative estimate of drug-likeness (QED) is 0.857. The van der Waals surface area contributed by atoms with Crippen LogP contribution in [0.3, 0.4) is 0 Å². The van der Waals surface area contributed by atoms with Crippen LogP contribution >= 0.6 is 0 Å². The number of nitrogens with zero attached hydrogens (tertiary/aromatic N) is 2. The first-order valence-corrected chi connectivity index (χ1v) is 8.64. The molecule has 2 N–H and O–H groups in total. The number of aromatic nitrogens is 1. The lowest BCUT2D eigenvalue weighted by molar-refractivity contribution is -0.116. The van der Waals surface area contributed by atoms with Crippen LogP contribution < -0.4 is 15.5 Å². The van der Waals surface area contributed by atoms with Crippen molar-refractivity contribution in [1.29, 1.82) is 0 Å². The second-order valence-corrected chi connectivity index (χ2v) is 7.29. The highest BCUT2D eigenvalue weighted by atomic mass is 16.5. The van der Waals surface area contributed by atoms with Crippen LogP contribution in [-0.2, 0) is 9.53 Å². The van der Waals surface area contributed by atoms with E-state index in [1.165, 1.54) is 18.0 Å². The summed E-state index contributed by atoms with van der Waals surface area (Å²) in [5.74, 6) is 0.440. The minimum absolute atomic E-state index is 0.0979. The highest BCUT2D eigenvalue weighted by molar-refractivity contribution is 5.91. The maximum atomic E-state index is 11.9. The predicted molar refractivity (Wildman–Crippen MR) is 97.7 cm³/mol. The molecule has 1 aliphatic rings. The molecule has 0 aromatic carbocycles. The number of urea groups is 1. The zero-order chi connectivity index (χ0) is 18.4. The second-order valence-electron chi connectivity index (χ2n) is 7.29. The van der Waals surface area contributed by atoms with Gasteiger partial charge in [-0.15, -0.1) is 0 Å². The Bertz CT molecular complexity index is 591. The maximum absolute atomic E-state index is 11.9. The number of carbonyl (C=O) groups excluding carboxylic acids is 2. The zero-order valence-corrected chi connectivity index (χ0v) is 15.5. The van der Waals surface area contributed by atoms with E-state index in [2.05, 4.69) is 29.5 Å². The van der Waals surface area contributed by atoms with E-state index in [1.54, 1.807) is 19.2 Å². The number of anilines is 2. The predicted octanol–water partition coefficient (Wildman–Crippen LogP) is 2.78. The van der Waals surface area contributed by atoms with Gasteiger partial charge in [0.2, 0.25) is 5.91 Å². The summed E-state index contributed by atoms with van der Waals surface area (Å²) >= 11 is 0.